The van der Waals surface area contributed by atoms with Crippen LogP contribution in [0, 0.1) is 0 Å². The Hall–Kier alpha value is -1.75. The Labute approximate surface area is 93.8 Å². The summed E-state index contributed by atoms with van der Waals surface area (Å²) in [5.41, 5.74) is 6.19. The first kappa shape index (κ1) is 12.3. The van der Waals surface area contributed by atoms with Crippen molar-refractivity contribution in [3.05, 3.63) is 23.8 Å². The van der Waals surface area contributed by atoms with Gasteiger partial charge in [-0.15, -0.1) is 0 Å². The summed E-state index contributed by atoms with van der Waals surface area (Å²) in [5.74, 6) is -0.213. The molecule has 5 heteroatoms. The number of ether oxygens (including phenoxy) is 2. The van der Waals surface area contributed by atoms with Crippen LogP contribution in [0.1, 0.15) is 18.5 Å². The number of aromatic hydroxyl groups is 1. The van der Waals surface area contributed by atoms with Gasteiger partial charge in [0.05, 0.1) is 13.7 Å². The molecule has 0 amide bonds. The summed E-state index contributed by atoms with van der Waals surface area (Å²) in [5, 5.41) is 9.46. The van der Waals surface area contributed by atoms with Gasteiger partial charge in [-0.3, -0.25) is 4.79 Å². The van der Waals surface area contributed by atoms with E-state index in [1.807, 2.05) is 0 Å². The van der Waals surface area contributed by atoms with Gasteiger partial charge in [-0.2, -0.15) is 0 Å². The Bertz CT molecular complexity index is 378. The van der Waals surface area contributed by atoms with Gasteiger partial charge in [-0.1, -0.05) is 6.07 Å². The number of phenols is 1. The molecule has 1 aromatic rings. The van der Waals surface area contributed by atoms with Crippen molar-refractivity contribution in [3.63, 3.8) is 0 Å². The van der Waals surface area contributed by atoms with Crippen molar-refractivity contribution >= 4 is 5.97 Å². The highest BCUT2D eigenvalue weighted by atomic mass is 16.5. The molecule has 5 nitrogen and oxygen atoms in total. The van der Waals surface area contributed by atoms with E-state index in [0.717, 1.165) is 0 Å². The summed E-state index contributed by atoms with van der Waals surface area (Å²) in [7, 11) is 1.27. The maximum Gasteiger partial charge on any atom is 0.327 e. The molecule has 0 aliphatic heterocycles. The number of esters is 1. The minimum atomic E-state index is -0.871. The number of rotatable bonds is 4. The Kier molecular flexibility index (Phi) is 4.13. The lowest BCUT2D eigenvalue weighted by Crippen LogP contribution is -2.22. The van der Waals surface area contributed by atoms with Crippen LogP contribution in [-0.4, -0.2) is 24.8 Å². The Morgan fingerprint density at radius 3 is 2.81 bits per heavy atom. The summed E-state index contributed by atoms with van der Waals surface area (Å²) in [6.45, 7) is 2.22. The first-order valence-electron chi connectivity index (χ1n) is 4.89. The standard InChI is InChI=1S/C11H15NO4/c1-3-16-9-6-7(4-5-8(9)13)10(12)11(14)15-2/h4-6,10,13H,3,12H2,1-2H3/t10-/m0/s1. The fraction of sp³-hybridized carbons (Fsp3) is 0.364. The first-order chi connectivity index (χ1) is 7.60. The molecular formula is C11H15NO4. The SMILES string of the molecule is CCOc1cc([C@H](N)C(=O)OC)ccc1O. The smallest absolute Gasteiger partial charge is 0.327 e. The second-order valence-corrected chi connectivity index (χ2v) is 3.16. The predicted octanol–water partition coefficient (Wildman–Crippen LogP) is 0.964. The number of hydrogen-bond donors (Lipinski definition) is 2. The molecule has 0 saturated carbocycles. The second kappa shape index (κ2) is 5.37. The Morgan fingerprint density at radius 2 is 2.25 bits per heavy atom. The van der Waals surface area contributed by atoms with Crippen LogP contribution in [0.15, 0.2) is 18.2 Å². The third kappa shape index (κ3) is 2.64. The van der Waals surface area contributed by atoms with E-state index in [1.54, 1.807) is 13.0 Å². The predicted molar refractivity (Wildman–Crippen MR) is 58.2 cm³/mol. The molecule has 0 saturated heterocycles. The average molecular weight is 225 g/mol. The van der Waals surface area contributed by atoms with Crippen LogP contribution in [0.2, 0.25) is 0 Å². The van der Waals surface area contributed by atoms with Gasteiger partial charge < -0.3 is 20.3 Å². The number of phenolic OH excluding ortho intramolecular Hbond substituents is 1. The van der Waals surface area contributed by atoms with Gasteiger partial charge in [0.2, 0.25) is 0 Å². The van der Waals surface area contributed by atoms with Crippen LogP contribution in [0.4, 0.5) is 0 Å². The van der Waals surface area contributed by atoms with Crippen molar-refractivity contribution in [2.24, 2.45) is 5.73 Å². The van der Waals surface area contributed by atoms with Crippen molar-refractivity contribution in [3.8, 4) is 11.5 Å². The van der Waals surface area contributed by atoms with Crippen LogP contribution in [0.3, 0.4) is 0 Å². The summed E-state index contributed by atoms with van der Waals surface area (Å²) < 4.78 is 9.71. The van der Waals surface area contributed by atoms with Crippen LogP contribution >= 0.6 is 0 Å². The van der Waals surface area contributed by atoms with Gasteiger partial charge in [-0.25, -0.2) is 0 Å². The number of hydrogen-bond acceptors (Lipinski definition) is 5. The Morgan fingerprint density at radius 1 is 1.56 bits per heavy atom. The highest BCUT2D eigenvalue weighted by Crippen LogP contribution is 2.28. The average Bonchev–Trinajstić information content (AvgIpc) is 2.30. The zero-order chi connectivity index (χ0) is 12.1. The molecule has 16 heavy (non-hydrogen) atoms. The van der Waals surface area contributed by atoms with E-state index in [2.05, 4.69) is 4.74 Å². The lowest BCUT2D eigenvalue weighted by molar-refractivity contribution is -0.142. The van der Waals surface area contributed by atoms with Crippen LogP contribution < -0.4 is 10.5 Å². The zero-order valence-corrected chi connectivity index (χ0v) is 9.27. The number of carbonyl (C=O) groups excluding carboxylic acids is 1. The van der Waals surface area contributed by atoms with Gasteiger partial charge >= 0.3 is 5.97 Å². The summed E-state index contributed by atoms with van der Waals surface area (Å²) in [6, 6.07) is 3.65. The fourth-order valence-corrected chi connectivity index (χ4v) is 1.26. The normalized spacial score (nSPS) is 11.9. The molecule has 0 fully saturated rings. The van der Waals surface area contributed by atoms with E-state index >= 15 is 0 Å². The van der Waals surface area contributed by atoms with Crippen molar-refractivity contribution in [1.29, 1.82) is 0 Å². The molecule has 3 N–H and O–H groups in total. The van der Waals surface area contributed by atoms with E-state index in [9.17, 15) is 9.90 Å². The van der Waals surface area contributed by atoms with Gasteiger partial charge in [-0.05, 0) is 24.6 Å². The van der Waals surface area contributed by atoms with Gasteiger partial charge in [0.1, 0.15) is 6.04 Å². The lowest BCUT2D eigenvalue weighted by atomic mass is 10.1. The topological polar surface area (TPSA) is 81.8 Å². The van der Waals surface area contributed by atoms with Gasteiger partial charge in [0.25, 0.3) is 0 Å². The molecule has 0 heterocycles. The summed E-state index contributed by atoms with van der Waals surface area (Å²) in [4.78, 5) is 11.2. The molecule has 0 aliphatic carbocycles. The molecule has 1 rings (SSSR count). The zero-order valence-electron chi connectivity index (χ0n) is 9.27. The van der Waals surface area contributed by atoms with Gasteiger partial charge in [0.15, 0.2) is 11.5 Å². The molecule has 0 bridgehead atoms. The molecule has 1 atom stereocenters. The van der Waals surface area contributed by atoms with Crippen molar-refractivity contribution < 1.29 is 19.4 Å². The lowest BCUT2D eigenvalue weighted by Gasteiger charge is -2.12. The third-order valence-corrected chi connectivity index (χ3v) is 2.10. The summed E-state index contributed by atoms with van der Waals surface area (Å²) >= 11 is 0. The first-order valence-corrected chi connectivity index (χ1v) is 4.89. The largest absolute Gasteiger partial charge is 0.504 e. The van der Waals surface area contributed by atoms with E-state index in [0.29, 0.717) is 17.9 Å². The molecule has 0 unspecified atom stereocenters. The molecule has 0 spiro atoms. The van der Waals surface area contributed by atoms with Crippen molar-refractivity contribution in [2.45, 2.75) is 13.0 Å². The quantitative estimate of drug-likeness (QED) is 0.746. The molecule has 1 aromatic carbocycles. The number of nitrogens with two attached hydrogens (primary N) is 1. The van der Waals surface area contributed by atoms with Gasteiger partial charge in [0, 0.05) is 0 Å². The highest BCUT2D eigenvalue weighted by Gasteiger charge is 2.17. The number of carbonyl (C=O) groups is 1. The molecular weight excluding hydrogens is 210 g/mol. The third-order valence-electron chi connectivity index (χ3n) is 2.10. The van der Waals surface area contributed by atoms with E-state index in [4.69, 9.17) is 10.5 Å². The minimum Gasteiger partial charge on any atom is -0.504 e. The number of benzene rings is 1. The van der Waals surface area contributed by atoms with E-state index in [-0.39, 0.29) is 5.75 Å². The monoisotopic (exact) mass is 225 g/mol. The van der Waals surface area contributed by atoms with E-state index < -0.39 is 12.0 Å². The maximum atomic E-state index is 11.2. The molecule has 0 radical (unpaired) electrons. The fourth-order valence-electron chi connectivity index (χ4n) is 1.26. The van der Waals surface area contributed by atoms with Crippen LogP contribution in [0.25, 0.3) is 0 Å². The summed E-state index contributed by atoms with van der Waals surface area (Å²) in [6.07, 6.45) is 0. The van der Waals surface area contributed by atoms with Crippen LogP contribution in [0.5, 0.6) is 11.5 Å². The second-order valence-electron chi connectivity index (χ2n) is 3.16. The number of methoxy groups -OCH3 is 1. The minimum absolute atomic E-state index is 0.0164. The Balaban J connectivity index is 2.97. The van der Waals surface area contributed by atoms with Crippen molar-refractivity contribution in [2.75, 3.05) is 13.7 Å². The molecule has 88 valence electrons. The molecule has 0 aliphatic rings. The van der Waals surface area contributed by atoms with Crippen LogP contribution in [-0.2, 0) is 9.53 Å². The highest BCUT2D eigenvalue weighted by molar-refractivity contribution is 5.77. The molecule has 0 aromatic heterocycles. The van der Waals surface area contributed by atoms with E-state index in [1.165, 1.54) is 19.2 Å². The van der Waals surface area contributed by atoms with Crippen molar-refractivity contribution in [1.82, 2.24) is 0 Å². The maximum absolute atomic E-state index is 11.2.